The number of aryl methyl sites for hydroxylation is 2. The van der Waals surface area contributed by atoms with Crippen molar-refractivity contribution in [2.24, 2.45) is 7.05 Å². The summed E-state index contributed by atoms with van der Waals surface area (Å²) < 4.78 is 8.33. The number of nitrogens with one attached hydrogen (secondary N) is 1. The molecular weight excluding hydrogens is 312 g/mol. The second kappa shape index (κ2) is 5.81. The van der Waals surface area contributed by atoms with Crippen molar-refractivity contribution in [2.75, 3.05) is 5.32 Å². The number of carbonyl (C=O) groups is 1. The molecule has 2 heterocycles. The van der Waals surface area contributed by atoms with Crippen LogP contribution < -0.4 is 10.1 Å². The second-order valence-corrected chi connectivity index (χ2v) is 6.38. The summed E-state index contributed by atoms with van der Waals surface area (Å²) in [7, 11) is 2.06. The second-order valence-electron chi connectivity index (χ2n) is 6.38. The lowest BCUT2D eigenvalue weighted by Crippen LogP contribution is -2.18. The molecule has 0 aliphatic carbocycles. The fraction of sp³-hybridized carbons (Fsp3) is 0.190. The summed E-state index contributed by atoms with van der Waals surface area (Å²) >= 11 is 0. The highest BCUT2D eigenvalue weighted by Gasteiger charge is 2.25. The Bertz CT molecular complexity index is 962. The van der Waals surface area contributed by atoms with Gasteiger partial charge in [-0.25, -0.2) is 0 Å². The molecule has 0 bridgehead atoms. The minimum Gasteiger partial charge on any atom is -0.483 e. The third kappa shape index (κ3) is 2.41. The van der Waals surface area contributed by atoms with Gasteiger partial charge in [0.2, 0.25) is 5.91 Å². The summed E-state index contributed by atoms with van der Waals surface area (Å²) in [5.74, 6) is 0.641. The van der Waals surface area contributed by atoms with Gasteiger partial charge in [-0.2, -0.15) is 0 Å². The van der Waals surface area contributed by atoms with Crippen molar-refractivity contribution in [1.29, 1.82) is 0 Å². The van der Waals surface area contributed by atoms with E-state index in [1.165, 1.54) is 16.5 Å². The summed E-state index contributed by atoms with van der Waals surface area (Å²) in [6.07, 6.45) is 1.61. The first-order valence-electron chi connectivity index (χ1n) is 8.36. The SMILES string of the molecule is C=C[C@@H]1CC(=O)Nc2cccc(-c3c(C)c4ccccc4n3C)c2O1. The number of para-hydroxylation sites is 2. The highest BCUT2D eigenvalue weighted by atomic mass is 16.5. The molecule has 0 radical (unpaired) electrons. The van der Waals surface area contributed by atoms with Gasteiger partial charge in [-0.05, 0) is 30.7 Å². The van der Waals surface area contributed by atoms with E-state index in [1.54, 1.807) is 6.08 Å². The van der Waals surface area contributed by atoms with Crippen LogP contribution in [0, 0.1) is 6.92 Å². The molecule has 0 fully saturated rings. The van der Waals surface area contributed by atoms with Crippen LogP contribution in [-0.2, 0) is 11.8 Å². The fourth-order valence-corrected chi connectivity index (χ4v) is 3.62. The Morgan fingerprint density at radius 2 is 2.04 bits per heavy atom. The third-order valence-corrected chi connectivity index (χ3v) is 4.82. The summed E-state index contributed by atoms with van der Waals surface area (Å²) in [6.45, 7) is 5.92. The zero-order valence-electron chi connectivity index (χ0n) is 14.4. The number of fused-ring (bicyclic) bond motifs is 2. The molecule has 1 aromatic heterocycles. The molecule has 4 nitrogen and oxygen atoms in total. The van der Waals surface area contributed by atoms with Crippen molar-refractivity contribution in [2.45, 2.75) is 19.4 Å². The van der Waals surface area contributed by atoms with Gasteiger partial charge in [0.05, 0.1) is 17.8 Å². The van der Waals surface area contributed by atoms with Crippen LogP contribution in [-0.4, -0.2) is 16.6 Å². The Morgan fingerprint density at radius 3 is 2.80 bits per heavy atom. The number of carbonyl (C=O) groups excluding carboxylic acids is 1. The van der Waals surface area contributed by atoms with E-state index in [-0.39, 0.29) is 18.4 Å². The molecule has 0 saturated heterocycles. The molecule has 25 heavy (non-hydrogen) atoms. The van der Waals surface area contributed by atoms with Crippen LogP contribution in [0.1, 0.15) is 12.0 Å². The minimum atomic E-state index is -0.336. The molecule has 4 rings (SSSR count). The van der Waals surface area contributed by atoms with Gasteiger partial charge < -0.3 is 14.6 Å². The molecule has 0 spiro atoms. The number of ether oxygens (including phenoxy) is 1. The monoisotopic (exact) mass is 332 g/mol. The van der Waals surface area contributed by atoms with E-state index in [1.807, 2.05) is 24.3 Å². The summed E-state index contributed by atoms with van der Waals surface area (Å²) in [5.41, 5.74) is 5.14. The Hall–Kier alpha value is -3.01. The lowest BCUT2D eigenvalue weighted by Gasteiger charge is -2.17. The van der Waals surface area contributed by atoms with Gasteiger partial charge in [0.1, 0.15) is 6.10 Å². The van der Waals surface area contributed by atoms with Crippen molar-refractivity contribution in [3.63, 3.8) is 0 Å². The zero-order chi connectivity index (χ0) is 17.6. The maximum Gasteiger partial charge on any atom is 0.228 e. The van der Waals surface area contributed by atoms with E-state index < -0.39 is 0 Å². The van der Waals surface area contributed by atoms with Crippen LogP contribution in [0.15, 0.2) is 55.1 Å². The van der Waals surface area contributed by atoms with E-state index in [9.17, 15) is 4.79 Å². The molecule has 1 aliphatic heterocycles. The molecule has 1 amide bonds. The Labute approximate surface area is 146 Å². The molecule has 1 N–H and O–H groups in total. The zero-order valence-corrected chi connectivity index (χ0v) is 14.4. The van der Waals surface area contributed by atoms with Crippen molar-refractivity contribution in [3.05, 3.63) is 60.7 Å². The topological polar surface area (TPSA) is 43.3 Å². The Balaban J connectivity index is 1.98. The fourth-order valence-electron chi connectivity index (χ4n) is 3.62. The number of aromatic nitrogens is 1. The number of hydrogen-bond donors (Lipinski definition) is 1. The average Bonchev–Trinajstić information content (AvgIpc) is 2.77. The Kier molecular flexibility index (Phi) is 3.61. The average molecular weight is 332 g/mol. The predicted octanol–water partition coefficient (Wildman–Crippen LogP) is 4.43. The maximum atomic E-state index is 12.1. The van der Waals surface area contributed by atoms with E-state index in [0.717, 1.165) is 11.3 Å². The summed E-state index contributed by atoms with van der Waals surface area (Å²) in [6, 6.07) is 14.2. The van der Waals surface area contributed by atoms with Gasteiger partial charge in [-0.3, -0.25) is 4.79 Å². The van der Waals surface area contributed by atoms with Crippen molar-refractivity contribution in [1.82, 2.24) is 4.57 Å². The van der Waals surface area contributed by atoms with Gasteiger partial charge in [0.15, 0.2) is 5.75 Å². The highest BCUT2D eigenvalue weighted by molar-refractivity contribution is 5.98. The number of amides is 1. The predicted molar refractivity (Wildman–Crippen MR) is 101 cm³/mol. The first kappa shape index (κ1) is 15.5. The molecule has 1 aliphatic rings. The van der Waals surface area contributed by atoms with E-state index in [4.69, 9.17) is 4.74 Å². The molecule has 3 aromatic rings. The van der Waals surface area contributed by atoms with Gasteiger partial charge in [-0.1, -0.05) is 36.9 Å². The third-order valence-electron chi connectivity index (χ3n) is 4.82. The normalized spacial score (nSPS) is 16.7. The molecule has 0 saturated carbocycles. The van der Waals surface area contributed by atoms with Crippen molar-refractivity contribution >= 4 is 22.5 Å². The smallest absolute Gasteiger partial charge is 0.228 e. The highest BCUT2D eigenvalue weighted by Crippen LogP contribution is 2.42. The molecule has 1 atom stereocenters. The molecular formula is C21H20N2O2. The molecule has 4 heteroatoms. The number of rotatable bonds is 2. The summed E-state index contributed by atoms with van der Waals surface area (Å²) in [5, 5.41) is 4.17. The van der Waals surface area contributed by atoms with Crippen LogP contribution in [0.4, 0.5) is 5.69 Å². The van der Waals surface area contributed by atoms with Crippen LogP contribution >= 0.6 is 0 Å². The van der Waals surface area contributed by atoms with Crippen LogP contribution in [0.5, 0.6) is 5.75 Å². The van der Waals surface area contributed by atoms with E-state index in [2.05, 4.69) is 48.6 Å². The number of hydrogen-bond acceptors (Lipinski definition) is 2. The quantitative estimate of drug-likeness (QED) is 0.706. The number of anilines is 1. The van der Waals surface area contributed by atoms with Gasteiger partial charge in [0.25, 0.3) is 0 Å². The van der Waals surface area contributed by atoms with Crippen molar-refractivity contribution in [3.8, 4) is 17.0 Å². The van der Waals surface area contributed by atoms with Crippen molar-refractivity contribution < 1.29 is 9.53 Å². The Morgan fingerprint density at radius 1 is 1.24 bits per heavy atom. The van der Waals surface area contributed by atoms with E-state index in [0.29, 0.717) is 11.4 Å². The molecule has 0 unspecified atom stereocenters. The standard InChI is InChI=1S/C21H20N2O2/c1-4-14-12-19(24)22-17-10-7-9-16(21(17)25-14)20-13(2)15-8-5-6-11-18(15)23(20)3/h4-11,14H,1,12H2,2-3H3,(H,22,24)/t14-/m1/s1. The van der Waals surface area contributed by atoms with Crippen LogP contribution in [0.3, 0.4) is 0 Å². The van der Waals surface area contributed by atoms with E-state index >= 15 is 0 Å². The largest absolute Gasteiger partial charge is 0.483 e. The number of benzene rings is 2. The van der Waals surface area contributed by atoms with Crippen LogP contribution in [0.2, 0.25) is 0 Å². The lowest BCUT2D eigenvalue weighted by atomic mass is 10.0. The van der Waals surface area contributed by atoms with Gasteiger partial charge >= 0.3 is 0 Å². The summed E-state index contributed by atoms with van der Waals surface area (Å²) in [4.78, 5) is 12.1. The lowest BCUT2D eigenvalue weighted by molar-refractivity contribution is -0.117. The first-order chi connectivity index (χ1) is 12.1. The van der Waals surface area contributed by atoms with Gasteiger partial charge in [-0.15, -0.1) is 0 Å². The minimum absolute atomic E-state index is 0.0606. The number of nitrogens with zero attached hydrogens (tertiary/aromatic N) is 1. The molecule has 2 aromatic carbocycles. The first-order valence-corrected chi connectivity index (χ1v) is 8.36. The maximum absolute atomic E-state index is 12.1. The van der Waals surface area contributed by atoms with Gasteiger partial charge in [0, 0.05) is 23.5 Å². The molecule has 126 valence electrons. The van der Waals surface area contributed by atoms with Crippen LogP contribution in [0.25, 0.3) is 22.2 Å².